The molecular formula is C14H23NO2. The topological polar surface area (TPSA) is 37.4 Å². The first-order valence-electron chi connectivity index (χ1n) is 6.42. The molecule has 0 aromatic carbocycles. The Labute approximate surface area is 104 Å². The first-order valence-corrected chi connectivity index (χ1v) is 6.42. The Morgan fingerprint density at radius 2 is 2.12 bits per heavy atom. The Kier molecular flexibility index (Phi) is 4.91. The van der Waals surface area contributed by atoms with Crippen molar-refractivity contribution in [2.45, 2.75) is 40.0 Å². The van der Waals surface area contributed by atoms with E-state index in [-0.39, 0.29) is 23.7 Å². The van der Waals surface area contributed by atoms with Gasteiger partial charge in [0.15, 0.2) is 0 Å². The molecule has 1 fully saturated rings. The van der Waals surface area contributed by atoms with Gasteiger partial charge in [0.25, 0.3) is 0 Å². The van der Waals surface area contributed by atoms with Crippen molar-refractivity contribution in [3.8, 4) is 0 Å². The third-order valence-electron chi connectivity index (χ3n) is 3.43. The van der Waals surface area contributed by atoms with Gasteiger partial charge in [-0.05, 0) is 18.3 Å². The summed E-state index contributed by atoms with van der Waals surface area (Å²) in [6, 6.07) is 0. The standard InChI is InChI=1S/C14H23NO2/c1-5-8-15-13(16)9-11(4)12(14(15)17)7-6-10(2)3/h5,10-12H,1,6-9H2,2-4H3/t11-,12+/m1/s1. The number of amides is 2. The molecule has 1 heterocycles. The monoisotopic (exact) mass is 237 g/mol. The second-order valence-electron chi connectivity index (χ2n) is 5.39. The zero-order valence-corrected chi connectivity index (χ0v) is 11.1. The lowest BCUT2D eigenvalue weighted by Gasteiger charge is -2.34. The van der Waals surface area contributed by atoms with Crippen molar-refractivity contribution in [1.82, 2.24) is 4.90 Å². The summed E-state index contributed by atoms with van der Waals surface area (Å²) in [6.07, 6.45) is 4.03. The zero-order chi connectivity index (χ0) is 13.0. The van der Waals surface area contributed by atoms with E-state index in [0.717, 1.165) is 12.8 Å². The van der Waals surface area contributed by atoms with Crippen LogP contribution >= 0.6 is 0 Å². The summed E-state index contributed by atoms with van der Waals surface area (Å²) in [4.78, 5) is 25.3. The van der Waals surface area contributed by atoms with Crippen molar-refractivity contribution in [3.63, 3.8) is 0 Å². The Bertz CT molecular complexity index is 309. The highest BCUT2D eigenvalue weighted by Crippen LogP contribution is 2.30. The molecule has 3 nitrogen and oxygen atoms in total. The predicted molar refractivity (Wildman–Crippen MR) is 68.3 cm³/mol. The van der Waals surface area contributed by atoms with Gasteiger partial charge in [-0.25, -0.2) is 0 Å². The molecule has 2 atom stereocenters. The molecule has 0 aliphatic carbocycles. The fourth-order valence-corrected chi connectivity index (χ4v) is 2.34. The second kappa shape index (κ2) is 5.99. The van der Waals surface area contributed by atoms with Gasteiger partial charge in [-0.1, -0.05) is 33.3 Å². The molecule has 0 aromatic heterocycles. The third-order valence-corrected chi connectivity index (χ3v) is 3.43. The van der Waals surface area contributed by atoms with Crippen LogP contribution in [0.3, 0.4) is 0 Å². The number of nitrogens with zero attached hydrogens (tertiary/aromatic N) is 1. The molecule has 0 bridgehead atoms. The van der Waals surface area contributed by atoms with E-state index in [9.17, 15) is 9.59 Å². The summed E-state index contributed by atoms with van der Waals surface area (Å²) in [7, 11) is 0. The minimum absolute atomic E-state index is 0.00528. The van der Waals surface area contributed by atoms with Crippen molar-refractivity contribution in [3.05, 3.63) is 12.7 Å². The van der Waals surface area contributed by atoms with Crippen LogP contribution in [-0.4, -0.2) is 23.3 Å². The Morgan fingerprint density at radius 1 is 1.47 bits per heavy atom. The summed E-state index contributed by atoms with van der Waals surface area (Å²) in [6.45, 7) is 10.3. The first kappa shape index (κ1) is 13.9. The molecule has 17 heavy (non-hydrogen) atoms. The lowest BCUT2D eigenvalue weighted by molar-refractivity contribution is -0.153. The van der Waals surface area contributed by atoms with Crippen LogP contribution in [0.1, 0.15) is 40.0 Å². The molecule has 0 saturated carbocycles. The summed E-state index contributed by atoms with van der Waals surface area (Å²) in [5.41, 5.74) is 0. The number of imide groups is 1. The van der Waals surface area contributed by atoms with E-state index in [1.807, 2.05) is 6.92 Å². The Hall–Kier alpha value is -1.12. The molecule has 2 amide bonds. The predicted octanol–water partition coefficient (Wildman–Crippen LogP) is 2.62. The molecule has 96 valence electrons. The molecular weight excluding hydrogens is 214 g/mol. The van der Waals surface area contributed by atoms with E-state index in [2.05, 4.69) is 20.4 Å². The van der Waals surface area contributed by atoms with Crippen molar-refractivity contribution in [2.24, 2.45) is 17.8 Å². The normalized spacial score (nSPS) is 25.5. The minimum atomic E-state index is -0.0526. The molecule has 1 aliphatic rings. The van der Waals surface area contributed by atoms with E-state index in [1.54, 1.807) is 6.08 Å². The van der Waals surface area contributed by atoms with Crippen LogP contribution in [0.4, 0.5) is 0 Å². The van der Waals surface area contributed by atoms with Gasteiger partial charge in [-0.2, -0.15) is 0 Å². The summed E-state index contributed by atoms with van der Waals surface area (Å²) < 4.78 is 0. The van der Waals surface area contributed by atoms with Crippen molar-refractivity contribution < 1.29 is 9.59 Å². The smallest absolute Gasteiger partial charge is 0.232 e. The van der Waals surface area contributed by atoms with E-state index >= 15 is 0 Å². The fourth-order valence-electron chi connectivity index (χ4n) is 2.34. The number of hydrogen-bond acceptors (Lipinski definition) is 2. The van der Waals surface area contributed by atoms with Crippen molar-refractivity contribution in [1.29, 1.82) is 0 Å². The van der Waals surface area contributed by atoms with Crippen LogP contribution in [0.25, 0.3) is 0 Å². The van der Waals surface area contributed by atoms with E-state index in [4.69, 9.17) is 0 Å². The summed E-state index contributed by atoms with van der Waals surface area (Å²) >= 11 is 0. The van der Waals surface area contributed by atoms with E-state index in [1.165, 1.54) is 4.90 Å². The summed E-state index contributed by atoms with van der Waals surface area (Å²) in [5.74, 6) is 0.725. The largest absolute Gasteiger partial charge is 0.279 e. The zero-order valence-electron chi connectivity index (χ0n) is 11.1. The number of rotatable bonds is 5. The molecule has 0 unspecified atom stereocenters. The first-order chi connectivity index (χ1) is 7.97. The van der Waals surface area contributed by atoms with Crippen LogP contribution in [-0.2, 0) is 9.59 Å². The molecule has 0 radical (unpaired) electrons. The number of carbonyl (C=O) groups is 2. The van der Waals surface area contributed by atoms with E-state index in [0.29, 0.717) is 18.9 Å². The maximum Gasteiger partial charge on any atom is 0.232 e. The highest BCUT2D eigenvalue weighted by atomic mass is 16.2. The van der Waals surface area contributed by atoms with E-state index < -0.39 is 0 Å². The lowest BCUT2D eigenvalue weighted by atomic mass is 9.81. The Balaban J connectivity index is 2.71. The maximum atomic E-state index is 12.2. The quantitative estimate of drug-likeness (QED) is 0.544. The van der Waals surface area contributed by atoms with Crippen LogP contribution in [0.2, 0.25) is 0 Å². The van der Waals surface area contributed by atoms with Crippen LogP contribution < -0.4 is 0 Å². The SMILES string of the molecule is C=CCN1C(=O)C[C@@H](C)[C@H](CCC(C)C)C1=O. The van der Waals surface area contributed by atoms with Gasteiger partial charge in [0.2, 0.25) is 11.8 Å². The number of carbonyl (C=O) groups excluding carboxylic acids is 2. The lowest BCUT2D eigenvalue weighted by Crippen LogP contribution is -2.48. The van der Waals surface area contributed by atoms with Crippen LogP contribution in [0, 0.1) is 17.8 Å². The molecule has 1 saturated heterocycles. The molecule has 1 aliphatic heterocycles. The minimum Gasteiger partial charge on any atom is -0.279 e. The highest BCUT2D eigenvalue weighted by molar-refractivity contribution is 5.99. The van der Waals surface area contributed by atoms with Crippen molar-refractivity contribution in [2.75, 3.05) is 6.54 Å². The molecule has 3 heteroatoms. The van der Waals surface area contributed by atoms with Gasteiger partial charge < -0.3 is 0 Å². The maximum absolute atomic E-state index is 12.2. The number of hydrogen-bond donors (Lipinski definition) is 0. The van der Waals surface area contributed by atoms with Crippen LogP contribution in [0.15, 0.2) is 12.7 Å². The molecule has 1 rings (SSSR count). The van der Waals surface area contributed by atoms with Crippen LogP contribution in [0.5, 0.6) is 0 Å². The second-order valence-corrected chi connectivity index (χ2v) is 5.39. The van der Waals surface area contributed by atoms with Gasteiger partial charge in [-0.3, -0.25) is 14.5 Å². The van der Waals surface area contributed by atoms with Gasteiger partial charge in [0.05, 0.1) is 0 Å². The summed E-state index contributed by atoms with van der Waals surface area (Å²) in [5, 5.41) is 0. The third kappa shape index (κ3) is 3.42. The average Bonchev–Trinajstić information content (AvgIpc) is 2.23. The number of likely N-dealkylation sites (tertiary alicyclic amines) is 1. The molecule has 0 spiro atoms. The fraction of sp³-hybridized carbons (Fsp3) is 0.714. The van der Waals surface area contributed by atoms with Crippen molar-refractivity contribution >= 4 is 11.8 Å². The molecule has 0 N–H and O–H groups in total. The number of piperidine rings is 1. The van der Waals surface area contributed by atoms with Gasteiger partial charge >= 0.3 is 0 Å². The highest BCUT2D eigenvalue weighted by Gasteiger charge is 2.38. The Morgan fingerprint density at radius 3 is 2.65 bits per heavy atom. The average molecular weight is 237 g/mol. The van der Waals surface area contributed by atoms with Gasteiger partial charge in [-0.15, -0.1) is 6.58 Å². The van der Waals surface area contributed by atoms with Gasteiger partial charge in [0, 0.05) is 18.9 Å². The molecule has 0 aromatic rings. The van der Waals surface area contributed by atoms with Gasteiger partial charge in [0.1, 0.15) is 0 Å².